The highest BCUT2D eigenvalue weighted by atomic mass is 14.9. The van der Waals surface area contributed by atoms with Crippen LogP contribution in [0.1, 0.15) is 11.1 Å². The van der Waals surface area contributed by atoms with E-state index in [2.05, 4.69) is 42.3 Å². The van der Waals surface area contributed by atoms with E-state index in [1.165, 1.54) is 21.9 Å². The van der Waals surface area contributed by atoms with Gasteiger partial charge < -0.3 is 5.32 Å². The molecule has 0 amide bonds. The predicted molar refractivity (Wildman–Crippen MR) is 60.8 cm³/mol. The minimum absolute atomic E-state index is 0.953. The maximum absolute atomic E-state index is 4.30. The van der Waals surface area contributed by atoms with Crippen LogP contribution in [-0.4, -0.2) is 12.0 Å². The molecule has 2 heteroatoms. The van der Waals surface area contributed by atoms with Gasteiger partial charge in [-0.2, -0.15) is 0 Å². The molecule has 0 unspecified atom stereocenters. The molecule has 2 nitrogen and oxygen atoms in total. The van der Waals surface area contributed by atoms with E-state index in [0.29, 0.717) is 0 Å². The standard InChI is InChI=1S/C12H14N2/c1-8-6-9(2)10-4-5-14-12(13-3)11(10)7-8/h4-7H,1-3H3,(H,13,14). The third kappa shape index (κ3) is 1.33. The molecular formula is C12H14N2. The lowest BCUT2D eigenvalue weighted by atomic mass is 10.0. The highest BCUT2D eigenvalue weighted by Gasteiger charge is 2.03. The number of rotatable bonds is 1. The number of fused-ring (bicyclic) bond motifs is 1. The third-order valence-electron chi connectivity index (χ3n) is 2.47. The maximum atomic E-state index is 4.30. The molecule has 0 radical (unpaired) electrons. The molecule has 2 aromatic rings. The number of anilines is 1. The van der Waals surface area contributed by atoms with Gasteiger partial charge in [0.25, 0.3) is 0 Å². The molecule has 14 heavy (non-hydrogen) atoms. The van der Waals surface area contributed by atoms with Gasteiger partial charge in [-0.3, -0.25) is 0 Å². The summed E-state index contributed by atoms with van der Waals surface area (Å²) >= 11 is 0. The number of benzene rings is 1. The Bertz CT molecular complexity index is 475. The van der Waals surface area contributed by atoms with E-state index in [1.54, 1.807) is 0 Å². The molecule has 1 heterocycles. The van der Waals surface area contributed by atoms with Crippen molar-refractivity contribution >= 4 is 16.6 Å². The number of aryl methyl sites for hydroxylation is 2. The lowest BCUT2D eigenvalue weighted by Gasteiger charge is -2.08. The summed E-state index contributed by atoms with van der Waals surface area (Å²) < 4.78 is 0. The smallest absolute Gasteiger partial charge is 0.133 e. The van der Waals surface area contributed by atoms with E-state index in [4.69, 9.17) is 0 Å². The van der Waals surface area contributed by atoms with Crippen LogP contribution >= 0.6 is 0 Å². The van der Waals surface area contributed by atoms with Crippen molar-refractivity contribution in [2.24, 2.45) is 0 Å². The van der Waals surface area contributed by atoms with Crippen molar-refractivity contribution in [3.63, 3.8) is 0 Å². The number of hydrogen-bond acceptors (Lipinski definition) is 2. The zero-order valence-electron chi connectivity index (χ0n) is 8.76. The van der Waals surface area contributed by atoms with Crippen LogP contribution in [0.4, 0.5) is 5.82 Å². The Morgan fingerprint density at radius 3 is 2.64 bits per heavy atom. The van der Waals surface area contributed by atoms with E-state index >= 15 is 0 Å². The van der Waals surface area contributed by atoms with Crippen molar-refractivity contribution in [1.82, 2.24) is 4.98 Å². The summed E-state index contributed by atoms with van der Waals surface area (Å²) in [6, 6.07) is 6.42. The molecule has 0 aliphatic rings. The number of aromatic nitrogens is 1. The van der Waals surface area contributed by atoms with Crippen LogP contribution in [0, 0.1) is 13.8 Å². The van der Waals surface area contributed by atoms with E-state index in [-0.39, 0.29) is 0 Å². The summed E-state index contributed by atoms with van der Waals surface area (Å²) in [5.41, 5.74) is 2.58. The number of hydrogen-bond donors (Lipinski definition) is 1. The van der Waals surface area contributed by atoms with Crippen molar-refractivity contribution < 1.29 is 0 Å². The number of nitrogens with zero attached hydrogens (tertiary/aromatic N) is 1. The first-order valence-corrected chi connectivity index (χ1v) is 4.76. The van der Waals surface area contributed by atoms with E-state index in [0.717, 1.165) is 5.82 Å². The minimum Gasteiger partial charge on any atom is -0.373 e. The Labute approximate surface area is 84.0 Å². The van der Waals surface area contributed by atoms with Crippen molar-refractivity contribution in [1.29, 1.82) is 0 Å². The monoisotopic (exact) mass is 186 g/mol. The molecule has 0 aliphatic heterocycles. The maximum Gasteiger partial charge on any atom is 0.133 e. The first-order chi connectivity index (χ1) is 6.72. The summed E-state index contributed by atoms with van der Waals surface area (Å²) in [6.07, 6.45) is 1.84. The van der Waals surface area contributed by atoms with E-state index in [9.17, 15) is 0 Å². The molecule has 1 aromatic carbocycles. The van der Waals surface area contributed by atoms with Gasteiger partial charge in [0, 0.05) is 18.6 Å². The van der Waals surface area contributed by atoms with Gasteiger partial charge >= 0.3 is 0 Å². The first kappa shape index (κ1) is 9.00. The van der Waals surface area contributed by atoms with Crippen LogP contribution in [0.3, 0.4) is 0 Å². The van der Waals surface area contributed by atoms with E-state index in [1.807, 2.05) is 13.2 Å². The molecule has 0 atom stereocenters. The Morgan fingerprint density at radius 1 is 1.14 bits per heavy atom. The summed E-state index contributed by atoms with van der Waals surface area (Å²) in [4.78, 5) is 4.30. The molecule has 0 fully saturated rings. The summed E-state index contributed by atoms with van der Waals surface area (Å²) in [5, 5.41) is 5.59. The van der Waals surface area contributed by atoms with Crippen LogP contribution in [0.2, 0.25) is 0 Å². The Kier molecular flexibility index (Phi) is 2.12. The lowest BCUT2D eigenvalue weighted by molar-refractivity contribution is 1.30. The van der Waals surface area contributed by atoms with Crippen molar-refractivity contribution in [3.05, 3.63) is 35.5 Å². The zero-order valence-corrected chi connectivity index (χ0v) is 8.76. The predicted octanol–water partition coefficient (Wildman–Crippen LogP) is 2.89. The summed E-state index contributed by atoms with van der Waals surface area (Å²) in [7, 11) is 1.90. The molecule has 0 saturated heterocycles. The van der Waals surface area contributed by atoms with Crippen LogP contribution in [0.25, 0.3) is 10.8 Å². The van der Waals surface area contributed by atoms with Gasteiger partial charge in [0.05, 0.1) is 0 Å². The fraction of sp³-hybridized carbons (Fsp3) is 0.250. The molecule has 0 aliphatic carbocycles. The largest absolute Gasteiger partial charge is 0.373 e. The van der Waals surface area contributed by atoms with E-state index < -0.39 is 0 Å². The molecular weight excluding hydrogens is 172 g/mol. The topological polar surface area (TPSA) is 24.9 Å². The van der Waals surface area contributed by atoms with Crippen LogP contribution in [0.5, 0.6) is 0 Å². The van der Waals surface area contributed by atoms with Crippen LogP contribution < -0.4 is 5.32 Å². The van der Waals surface area contributed by atoms with Gasteiger partial charge in [0.15, 0.2) is 0 Å². The van der Waals surface area contributed by atoms with Crippen molar-refractivity contribution in [2.75, 3.05) is 12.4 Å². The highest BCUT2D eigenvalue weighted by molar-refractivity contribution is 5.94. The Balaban J connectivity index is 2.86. The fourth-order valence-electron chi connectivity index (χ4n) is 1.85. The minimum atomic E-state index is 0.953. The first-order valence-electron chi connectivity index (χ1n) is 4.76. The number of nitrogens with one attached hydrogen (secondary N) is 1. The van der Waals surface area contributed by atoms with Crippen molar-refractivity contribution in [3.8, 4) is 0 Å². The van der Waals surface area contributed by atoms with Gasteiger partial charge in [0.1, 0.15) is 5.82 Å². The Morgan fingerprint density at radius 2 is 1.93 bits per heavy atom. The second-order valence-corrected chi connectivity index (χ2v) is 3.59. The van der Waals surface area contributed by atoms with Gasteiger partial charge in [-0.15, -0.1) is 0 Å². The SMILES string of the molecule is CNc1nccc2c(C)cc(C)cc12. The van der Waals surface area contributed by atoms with Gasteiger partial charge in [0.2, 0.25) is 0 Å². The second kappa shape index (κ2) is 3.29. The molecule has 72 valence electrons. The normalized spacial score (nSPS) is 10.5. The summed E-state index contributed by atoms with van der Waals surface area (Å²) in [5.74, 6) is 0.953. The van der Waals surface area contributed by atoms with Crippen LogP contribution in [-0.2, 0) is 0 Å². The van der Waals surface area contributed by atoms with Gasteiger partial charge in [-0.25, -0.2) is 4.98 Å². The number of pyridine rings is 1. The zero-order chi connectivity index (χ0) is 10.1. The quantitative estimate of drug-likeness (QED) is 0.740. The van der Waals surface area contributed by atoms with Gasteiger partial charge in [-0.05, 0) is 36.9 Å². The van der Waals surface area contributed by atoms with Gasteiger partial charge in [-0.1, -0.05) is 11.6 Å². The fourth-order valence-corrected chi connectivity index (χ4v) is 1.85. The molecule has 1 N–H and O–H groups in total. The molecule has 1 aromatic heterocycles. The summed E-state index contributed by atoms with van der Waals surface area (Å²) in [6.45, 7) is 4.24. The average Bonchev–Trinajstić information content (AvgIpc) is 2.17. The Hall–Kier alpha value is -1.57. The molecule has 0 saturated carbocycles. The lowest BCUT2D eigenvalue weighted by Crippen LogP contribution is -1.94. The highest BCUT2D eigenvalue weighted by Crippen LogP contribution is 2.24. The molecule has 0 bridgehead atoms. The van der Waals surface area contributed by atoms with Crippen molar-refractivity contribution in [2.45, 2.75) is 13.8 Å². The molecule has 0 spiro atoms. The second-order valence-electron chi connectivity index (χ2n) is 3.59. The molecule has 2 rings (SSSR count). The average molecular weight is 186 g/mol. The van der Waals surface area contributed by atoms with Crippen LogP contribution in [0.15, 0.2) is 24.4 Å². The third-order valence-corrected chi connectivity index (χ3v) is 2.47.